The summed E-state index contributed by atoms with van der Waals surface area (Å²) in [4.78, 5) is 0.0394. The van der Waals surface area contributed by atoms with Gasteiger partial charge in [-0.15, -0.1) is 0 Å². The summed E-state index contributed by atoms with van der Waals surface area (Å²) in [5.74, 6) is 0.0393. The van der Waals surface area contributed by atoms with Crippen molar-refractivity contribution in [2.24, 2.45) is 0 Å². The Labute approximate surface area is 98.4 Å². The molecule has 2 rings (SSSR count). The first-order valence-electron chi connectivity index (χ1n) is 4.80. The summed E-state index contributed by atoms with van der Waals surface area (Å²) in [6.45, 7) is 1.73. The number of rotatable bonds is 3. The Balaban J connectivity index is 2.30. The summed E-state index contributed by atoms with van der Waals surface area (Å²) in [5.41, 5.74) is 0.977. The van der Waals surface area contributed by atoms with E-state index >= 15 is 0 Å². The first kappa shape index (κ1) is 11.5. The van der Waals surface area contributed by atoms with Gasteiger partial charge in [0.25, 0.3) is 10.0 Å². The Morgan fingerprint density at radius 1 is 1.41 bits per heavy atom. The molecular weight excluding hydrogens is 242 g/mol. The van der Waals surface area contributed by atoms with Crippen LogP contribution in [0.2, 0.25) is 0 Å². The molecule has 7 heteroatoms. The van der Waals surface area contributed by atoms with Gasteiger partial charge >= 0.3 is 0 Å². The van der Waals surface area contributed by atoms with E-state index in [1.54, 1.807) is 19.1 Å². The van der Waals surface area contributed by atoms with Crippen LogP contribution in [0.5, 0.6) is 5.75 Å². The number of nitrogens with zero attached hydrogens (tertiary/aromatic N) is 1. The smallest absolute Gasteiger partial charge is 0.265 e. The fourth-order valence-corrected chi connectivity index (χ4v) is 2.23. The van der Waals surface area contributed by atoms with Gasteiger partial charge in [-0.3, -0.25) is 9.82 Å². The zero-order chi connectivity index (χ0) is 12.5. The fraction of sp³-hybridized carbons (Fsp3) is 0.100. The normalized spacial score (nSPS) is 11.4. The van der Waals surface area contributed by atoms with E-state index in [0.29, 0.717) is 11.3 Å². The summed E-state index contributed by atoms with van der Waals surface area (Å²) < 4.78 is 26.0. The van der Waals surface area contributed by atoms with Crippen LogP contribution >= 0.6 is 0 Å². The third-order valence-electron chi connectivity index (χ3n) is 2.24. The van der Waals surface area contributed by atoms with Crippen molar-refractivity contribution in [2.45, 2.75) is 11.8 Å². The van der Waals surface area contributed by atoms with Gasteiger partial charge in [-0.05, 0) is 18.6 Å². The van der Waals surface area contributed by atoms with Crippen LogP contribution in [-0.4, -0.2) is 23.7 Å². The molecule has 1 aromatic carbocycles. The van der Waals surface area contributed by atoms with Gasteiger partial charge in [0.15, 0.2) is 0 Å². The summed E-state index contributed by atoms with van der Waals surface area (Å²) >= 11 is 0. The Morgan fingerprint density at radius 2 is 2.18 bits per heavy atom. The number of phenols is 1. The molecule has 0 radical (unpaired) electrons. The van der Waals surface area contributed by atoms with E-state index in [1.807, 2.05) is 0 Å². The van der Waals surface area contributed by atoms with E-state index < -0.39 is 10.0 Å². The molecule has 0 aliphatic carbocycles. The Morgan fingerprint density at radius 3 is 2.76 bits per heavy atom. The lowest BCUT2D eigenvalue weighted by atomic mass is 10.2. The lowest BCUT2D eigenvalue weighted by Crippen LogP contribution is -2.12. The lowest BCUT2D eigenvalue weighted by Gasteiger charge is -2.07. The summed E-state index contributed by atoms with van der Waals surface area (Å²) in [6.07, 6.45) is 2.48. The molecule has 17 heavy (non-hydrogen) atoms. The third kappa shape index (κ3) is 2.39. The number of benzene rings is 1. The van der Waals surface area contributed by atoms with Crippen LogP contribution in [0.4, 0.5) is 5.69 Å². The first-order valence-corrected chi connectivity index (χ1v) is 6.28. The first-order chi connectivity index (χ1) is 7.99. The highest BCUT2D eigenvalue weighted by Crippen LogP contribution is 2.22. The number of anilines is 1. The number of sulfonamides is 1. The van der Waals surface area contributed by atoms with Crippen molar-refractivity contribution >= 4 is 15.7 Å². The van der Waals surface area contributed by atoms with Gasteiger partial charge < -0.3 is 5.11 Å². The van der Waals surface area contributed by atoms with Gasteiger partial charge in [0, 0.05) is 12.3 Å². The minimum atomic E-state index is -3.65. The molecular formula is C10H11N3O3S. The van der Waals surface area contributed by atoms with Crippen molar-refractivity contribution in [3.8, 4) is 5.75 Å². The molecule has 0 atom stereocenters. The average Bonchev–Trinajstić information content (AvgIpc) is 2.77. The van der Waals surface area contributed by atoms with Crippen LogP contribution in [0.1, 0.15) is 5.56 Å². The second kappa shape index (κ2) is 4.10. The van der Waals surface area contributed by atoms with Crippen LogP contribution in [0.15, 0.2) is 35.5 Å². The molecule has 0 aliphatic heterocycles. The van der Waals surface area contributed by atoms with Gasteiger partial charge in [-0.1, -0.05) is 6.07 Å². The topological polar surface area (TPSA) is 95.1 Å². The molecule has 3 N–H and O–H groups in total. The maximum absolute atomic E-state index is 11.8. The highest BCUT2D eigenvalue weighted by Gasteiger charge is 2.15. The monoisotopic (exact) mass is 253 g/mol. The lowest BCUT2D eigenvalue weighted by molar-refractivity contribution is 0.471. The fourth-order valence-electron chi connectivity index (χ4n) is 1.27. The number of aryl methyl sites for hydroxylation is 1. The number of nitrogens with one attached hydrogen (secondary N) is 2. The van der Waals surface area contributed by atoms with Crippen molar-refractivity contribution < 1.29 is 13.5 Å². The number of aromatic nitrogens is 2. The largest absolute Gasteiger partial charge is 0.508 e. The predicted octanol–water partition coefficient (Wildman–Crippen LogP) is 1.22. The molecule has 0 bridgehead atoms. The molecule has 0 saturated heterocycles. The maximum Gasteiger partial charge on any atom is 0.265 e. The van der Waals surface area contributed by atoms with Crippen molar-refractivity contribution in [3.05, 3.63) is 36.2 Å². The quantitative estimate of drug-likeness (QED) is 0.766. The van der Waals surface area contributed by atoms with Gasteiger partial charge in [0.1, 0.15) is 10.6 Å². The number of H-pyrrole nitrogens is 1. The van der Waals surface area contributed by atoms with E-state index in [4.69, 9.17) is 0 Å². The second-order valence-corrected chi connectivity index (χ2v) is 5.22. The number of aromatic amines is 1. The van der Waals surface area contributed by atoms with Crippen LogP contribution in [0.25, 0.3) is 0 Å². The van der Waals surface area contributed by atoms with Crippen LogP contribution in [-0.2, 0) is 10.0 Å². The van der Waals surface area contributed by atoms with Gasteiger partial charge in [-0.2, -0.15) is 5.10 Å². The number of hydrogen-bond acceptors (Lipinski definition) is 4. The summed E-state index contributed by atoms with van der Waals surface area (Å²) in [7, 11) is -3.65. The van der Waals surface area contributed by atoms with E-state index in [0.717, 1.165) is 0 Å². The van der Waals surface area contributed by atoms with Gasteiger partial charge in [0.05, 0.1) is 11.9 Å². The van der Waals surface area contributed by atoms with E-state index in [1.165, 1.54) is 18.5 Å². The second-order valence-electron chi connectivity index (χ2n) is 3.54. The highest BCUT2D eigenvalue weighted by atomic mass is 32.2. The van der Waals surface area contributed by atoms with Crippen LogP contribution in [0.3, 0.4) is 0 Å². The summed E-state index contributed by atoms with van der Waals surface area (Å²) in [5, 5.41) is 15.5. The van der Waals surface area contributed by atoms with E-state index in [2.05, 4.69) is 14.9 Å². The van der Waals surface area contributed by atoms with E-state index in [-0.39, 0.29) is 10.6 Å². The SMILES string of the molecule is Cc1ccc(NS(=O)(=O)c2cn[nH]c2)cc1O. The van der Waals surface area contributed by atoms with E-state index in [9.17, 15) is 13.5 Å². The molecule has 6 nitrogen and oxygen atoms in total. The predicted molar refractivity (Wildman–Crippen MR) is 62.2 cm³/mol. The van der Waals surface area contributed by atoms with Crippen LogP contribution < -0.4 is 4.72 Å². The van der Waals surface area contributed by atoms with Crippen LogP contribution in [0, 0.1) is 6.92 Å². The zero-order valence-electron chi connectivity index (χ0n) is 9.01. The Hall–Kier alpha value is -2.02. The number of aromatic hydroxyl groups is 1. The minimum Gasteiger partial charge on any atom is -0.508 e. The number of phenolic OH excluding ortho intramolecular Hbond substituents is 1. The maximum atomic E-state index is 11.8. The molecule has 2 aromatic rings. The zero-order valence-corrected chi connectivity index (χ0v) is 9.82. The van der Waals surface area contributed by atoms with Crippen molar-refractivity contribution in [2.75, 3.05) is 4.72 Å². The summed E-state index contributed by atoms with van der Waals surface area (Å²) in [6, 6.07) is 4.56. The highest BCUT2D eigenvalue weighted by molar-refractivity contribution is 7.92. The Kier molecular flexibility index (Phi) is 2.76. The average molecular weight is 253 g/mol. The standard InChI is InChI=1S/C10H11N3O3S/c1-7-2-3-8(4-10(7)14)13-17(15,16)9-5-11-12-6-9/h2-6,13-14H,1H3,(H,11,12). The van der Waals surface area contributed by atoms with Crippen molar-refractivity contribution in [3.63, 3.8) is 0 Å². The molecule has 0 amide bonds. The van der Waals surface area contributed by atoms with Gasteiger partial charge in [0.2, 0.25) is 0 Å². The Bertz CT molecular complexity index is 620. The molecule has 1 aromatic heterocycles. The van der Waals surface area contributed by atoms with Gasteiger partial charge in [-0.25, -0.2) is 8.42 Å². The molecule has 0 spiro atoms. The number of hydrogen-bond donors (Lipinski definition) is 3. The van der Waals surface area contributed by atoms with Crippen molar-refractivity contribution in [1.29, 1.82) is 0 Å². The molecule has 90 valence electrons. The molecule has 0 aliphatic rings. The molecule has 0 unspecified atom stereocenters. The molecule has 1 heterocycles. The minimum absolute atomic E-state index is 0.0393. The molecule has 0 fully saturated rings. The van der Waals surface area contributed by atoms with Crippen molar-refractivity contribution in [1.82, 2.24) is 10.2 Å². The molecule has 0 saturated carbocycles. The third-order valence-corrected chi connectivity index (χ3v) is 3.59.